The Kier molecular flexibility index (Phi) is 3.96. The lowest BCUT2D eigenvalue weighted by Crippen LogP contribution is -2.51. The van der Waals surface area contributed by atoms with Gasteiger partial charge in [-0.1, -0.05) is 6.07 Å². The van der Waals surface area contributed by atoms with E-state index in [1.54, 1.807) is 17.0 Å². The van der Waals surface area contributed by atoms with E-state index in [1.807, 2.05) is 13.0 Å². The largest absolute Gasteiger partial charge is 0.312 e. The second-order valence-corrected chi connectivity index (χ2v) is 7.87. The van der Waals surface area contributed by atoms with Gasteiger partial charge in [0.15, 0.2) is 0 Å². The molecule has 1 unspecified atom stereocenters. The summed E-state index contributed by atoms with van der Waals surface area (Å²) in [4.78, 5) is 13.6. The first kappa shape index (κ1) is 15.5. The smallest absolute Gasteiger partial charge is 0.243 e. The molecule has 1 N–H and O–H groups in total. The van der Waals surface area contributed by atoms with Gasteiger partial charge in [0.1, 0.15) is 0 Å². The molecule has 3 rings (SSSR count). The van der Waals surface area contributed by atoms with Crippen LogP contribution in [0, 0.1) is 0 Å². The minimum atomic E-state index is -3.51. The van der Waals surface area contributed by atoms with Crippen molar-refractivity contribution in [3.05, 3.63) is 23.8 Å². The van der Waals surface area contributed by atoms with Gasteiger partial charge in [-0.3, -0.25) is 4.79 Å². The van der Waals surface area contributed by atoms with Gasteiger partial charge < -0.3 is 10.2 Å². The van der Waals surface area contributed by atoms with Crippen molar-refractivity contribution in [3.63, 3.8) is 0 Å². The second kappa shape index (κ2) is 5.64. The van der Waals surface area contributed by atoms with Crippen molar-refractivity contribution in [1.29, 1.82) is 0 Å². The fourth-order valence-corrected chi connectivity index (χ4v) is 4.66. The van der Waals surface area contributed by atoms with Crippen LogP contribution in [0.3, 0.4) is 0 Å². The first-order valence-electron chi connectivity index (χ1n) is 7.54. The molecule has 6 nitrogen and oxygen atoms in total. The quantitative estimate of drug-likeness (QED) is 0.864. The first-order valence-corrected chi connectivity index (χ1v) is 8.98. The van der Waals surface area contributed by atoms with Crippen molar-refractivity contribution >= 4 is 21.6 Å². The molecule has 1 aromatic carbocycles. The predicted octanol–water partition coefficient (Wildman–Crippen LogP) is 0.578. The highest BCUT2D eigenvalue weighted by Crippen LogP contribution is 2.31. The van der Waals surface area contributed by atoms with E-state index < -0.39 is 10.0 Å². The number of carbonyl (C=O) groups is 1. The van der Waals surface area contributed by atoms with E-state index in [4.69, 9.17) is 0 Å². The van der Waals surface area contributed by atoms with E-state index in [1.165, 1.54) is 11.2 Å². The highest BCUT2D eigenvalue weighted by Gasteiger charge is 2.30. The molecule has 0 radical (unpaired) electrons. The lowest BCUT2D eigenvalue weighted by Gasteiger charge is -2.31. The summed E-state index contributed by atoms with van der Waals surface area (Å²) in [6, 6.07) is 5.28. The summed E-state index contributed by atoms with van der Waals surface area (Å²) in [6.07, 6.45) is 0.778. The number of fused-ring (bicyclic) bond motifs is 1. The van der Waals surface area contributed by atoms with Crippen LogP contribution in [0.5, 0.6) is 0 Å². The minimum absolute atomic E-state index is 0.0518. The van der Waals surface area contributed by atoms with E-state index in [0.29, 0.717) is 26.2 Å². The van der Waals surface area contributed by atoms with Crippen molar-refractivity contribution in [2.45, 2.75) is 31.2 Å². The normalized spacial score (nSPS) is 22.6. The molecule has 2 heterocycles. The molecular formula is C15H21N3O3S. The highest BCUT2D eigenvalue weighted by atomic mass is 32.2. The molecule has 7 heteroatoms. The van der Waals surface area contributed by atoms with Crippen molar-refractivity contribution in [2.24, 2.45) is 0 Å². The molecule has 2 aliphatic rings. The van der Waals surface area contributed by atoms with Gasteiger partial charge in [0.05, 0.1) is 4.90 Å². The predicted molar refractivity (Wildman–Crippen MR) is 84.4 cm³/mol. The number of anilines is 1. The third-order valence-electron chi connectivity index (χ3n) is 4.30. The maximum absolute atomic E-state index is 12.8. The van der Waals surface area contributed by atoms with E-state index in [0.717, 1.165) is 17.7 Å². The Morgan fingerprint density at radius 3 is 2.77 bits per heavy atom. The summed E-state index contributed by atoms with van der Waals surface area (Å²) in [7, 11) is -3.51. The SMILES string of the molecule is CC(=O)N1CCc2ccc(S(=O)(=O)N3CCNC(C)C3)cc21. The van der Waals surface area contributed by atoms with E-state index in [2.05, 4.69) is 5.32 Å². The zero-order valence-corrected chi connectivity index (χ0v) is 13.7. The maximum atomic E-state index is 12.8. The van der Waals surface area contributed by atoms with Gasteiger partial charge in [0, 0.05) is 44.8 Å². The molecule has 0 aromatic heterocycles. The van der Waals surface area contributed by atoms with Crippen molar-refractivity contribution in [3.8, 4) is 0 Å². The number of sulfonamides is 1. The molecular weight excluding hydrogens is 302 g/mol. The van der Waals surface area contributed by atoms with Crippen LogP contribution in [0.1, 0.15) is 19.4 Å². The molecule has 120 valence electrons. The monoisotopic (exact) mass is 323 g/mol. The van der Waals surface area contributed by atoms with Crippen LogP contribution in [-0.2, 0) is 21.2 Å². The van der Waals surface area contributed by atoms with Crippen molar-refractivity contribution in [2.75, 3.05) is 31.1 Å². The molecule has 22 heavy (non-hydrogen) atoms. The van der Waals surface area contributed by atoms with Crippen molar-refractivity contribution in [1.82, 2.24) is 9.62 Å². The van der Waals surface area contributed by atoms with Crippen LogP contribution in [0.4, 0.5) is 5.69 Å². The summed E-state index contributed by atoms with van der Waals surface area (Å²) in [5.41, 5.74) is 1.76. The maximum Gasteiger partial charge on any atom is 0.243 e. The molecule has 0 saturated carbocycles. The van der Waals surface area contributed by atoms with Crippen LogP contribution >= 0.6 is 0 Å². The van der Waals surface area contributed by atoms with E-state index >= 15 is 0 Å². The number of nitrogens with zero attached hydrogens (tertiary/aromatic N) is 2. The number of nitrogens with one attached hydrogen (secondary N) is 1. The third kappa shape index (κ3) is 2.64. The molecule has 0 bridgehead atoms. The summed E-state index contributed by atoms with van der Waals surface area (Å²) in [5.74, 6) is -0.0518. The van der Waals surface area contributed by atoms with Crippen LogP contribution in [0.25, 0.3) is 0 Å². The zero-order valence-electron chi connectivity index (χ0n) is 12.9. The van der Waals surface area contributed by atoms with E-state index in [9.17, 15) is 13.2 Å². The van der Waals surface area contributed by atoms with Gasteiger partial charge in [-0.05, 0) is 31.0 Å². The zero-order chi connectivity index (χ0) is 15.9. The summed E-state index contributed by atoms with van der Waals surface area (Å²) in [5, 5.41) is 3.24. The molecule has 1 fully saturated rings. The van der Waals surface area contributed by atoms with Gasteiger partial charge in [0.25, 0.3) is 0 Å². The lowest BCUT2D eigenvalue weighted by atomic mass is 10.2. The Morgan fingerprint density at radius 2 is 2.09 bits per heavy atom. The Labute approximate surface area is 131 Å². The molecule has 1 amide bonds. The van der Waals surface area contributed by atoms with Gasteiger partial charge in [-0.25, -0.2) is 8.42 Å². The Bertz CT molecular complexity index is 702. The number of amides is 1. The first-order chi connectivity index (χ1) is 10.4. The van der Waals surface area contributed by atoms with E-state index in [-0.39, 0.29) is 16.8 Å². The minimum Gasteiger partial charge on any atom is -0.312 e. The average Bonchev–Trinajstić information content (AvgIpc) is 2.90. The average molecular weight is 323 g/mol. The van der Waals surface area contributed by atoms with Crippen LogP contribution in [0.15, 0.2) is 23.1 Å². The fourth-order valence-electron chi connectivity index (χ4n) is 3.11. The van der Waals surface area contributed by atoms with Gasteiger partial charge in [0.2, 0.25) is 15.9 Å². The van der Waals surface area contributed by atoms with Gasteiger partial charge in [-0.2, -0.15) is 4.31 Å². The Hall–Kier alpha value is -1.44. The molecule has 1 aromatic rings. The number of rotatable bonds is 2. The fraction of sp³-hybridized carbons (Fsp3) is 0.533. The summed E-state index contributed by atoms with van der Waals surface area (Å²) >= 11 is 0. The third-order valence-corrected chi connectivity index (χ3v) is 6.16. The number of benzene rings is 1. The molecule has 0 aliphatic carbocycles. The molecule has 2 aliphatic heterocycles. The second-order valence-electron chi connectivity index (χ2n) is 5.93. The highest BCUT2D eigenvalue weighted by molar-refractivity contribution is 7.89. The standard InChI is InChI=1S/C15H21N3O3S/c1-11-10-17(8-6-16-11)22(20,21)14-4-3-13-5-7-18(12(2)19)15(13)9-14/h3-4,9,11,16H,5-8,10H2,1-2H3. The van der Waals surface area contributed by atoms with Crippen molar-refractivity contribution < 1.29 is 13.2 Å². The number of carbonyl (C=O) groups excluding carboxylic acids is 1. The Morgan fingerprint density at radius 1 is 1.32 bits per heavy atom. The van der Waals surface area contributed by atoms with Gasteiger partial charge in [-0.15, -0.1) is 0 Å². The molecule has 1 saturated heterocycles. The Balaban J connectivity index is 1.95. The van der Waals surface area contributed by atoms with Crippen LogP contribution in [-0.4, -0.2) is 50.9 Å². The van der Waals surface area contributed by atoms with Crippen LogP contribution in [0.2, 0.25) is 0 Å². The summed E-state index contributed by atoms with van der Waals surface area (Å²) in [6.45, 7) is 5.70. The topological polar surface area (TPSA) is 69.7 Å². The summed E-state index contributed by atoms with van der Waals surface area (Å²) < 4.78 is 27.1. The molecule has 0 spiro atoms. The number of hydrogen-bond acceptors (Lipinski definition) is 4. The van der Waals surface area contributed by atoms with Gasteiger partial charge >= 0.3 is 0 Å². The number of hydrogen-bond donors (Lipinski definition) is 1. The lowest BCUT2D eigenvalue weighted by molar-refractivity contribution is -0.116. The molecule has 1 atom stereocenters. The van der Waals surface area contributed by atoms with Crippen LogP contribution < -0.4 is 10.2 Å². The number of piperazine rings is 1.